The maximum Gasteiger partial charge on any atom is 0.402 e. The first kappa shape index (κ1) is 47.5. The van der Waals surface area contributed by atoms with E-state index in [9.17, 15) is 18.0 Å². The first-order valence-corrected chi connectivity index (χ1v) is 17.1. The monoisotopic (exact) mass is 697 g/mol. The van der Waals surface area contributed by atoms with Crippen LogP contribution in [0.15, 0.2) is 22.9 Å². The molecular weight excluding hydrogens is 633 g/mol. The van der Waals surface area contributed by atoms with E-state index in [0.717, 1.165) is 73.8 Å². The van der Waals surface area contributed by atoms with Crippen LogP contribution in [-0.4, -0.2) is 89.5 Å². The summed E-state index contributed by atoms with van der Waals surface area (Å²) < 4.78 is 37.5. The Labute approximate surface area is 293 Å². The number of likely N-dealkylation sites (N-methyl/N-ethyl adjacent to an activating group) is 1. The zero-order valence-corrected chi connectivity index (χ0v) is 32.7. The number of hydrogen-bond donors (Lipinski definition) is 1. The quantitative estimate of drug-likeness (QED) is 0.218. The van der Waals surface area contributed by atoms with Gasteiger partial charge in [0.2, 0.25) is 0 Å². The molecule has 1 saturated heterocycles. The van der Waals surface area contributed by atoms with Crippen LogP contribution in [0.3, 0.4) is 0 Å². The first-order chi connectivity index (χ1) is 23.4. The van der Waals surface area contributed by atoms with Gasteiger partial charge in [-0.3, -0.25) is 13.7 Å². The van der Waals surface area contributed by atoms with E-state index < -0.39 is 11.6 Å². The molecule has 0 aliphatic carbocycles. The smallest absolute Gasteiger partial charge is 0.393 e. The molecule has 49 heavy (non-hydrogen) atoms. The minimum absolute atomic E-state index is 0.0578. The summed E-state index contributed by atoms with van der Waals surface area (Å²) in [6, 6.07) is 3.74. The average molecular weight is 697 g/mol. The Morgan fingerprint density at radius 2 is 1.53 bits per heavy atom. The fourth-order valence-electron chi connectivity index (χ4n) is 4.94. The van der Waals surface area contributed by atoms with Crippen molar-refractivity contribution < 1.29 is 22.4 Å². The van der Waals surface area contributed by atoms with Gasteiger partial charge in [-0.2, -0.15) is 0 Å². The number of alkyl halides is 2. The molecule has 4 heterocycles. The third-order valence-electron chi connectivity index (χ3n) is 7.59. The minimum Gasteiger partial charge on any atom is -0.393 e. The van der Waals surface area contributed by atoms with E-state index in [2.05, 4.69) is 63.1 Å². The van der Waals surface area contributed by atoms with Gasteiger partial charge in [0.05, 0.1) is 31.2 Å². The summed E-state index contributed by atoms with van der Waals surface area (Å²) in [4.78, 5) is 30.2. The highest BCUT2D eigenvalue weighted by molar-refractivity contribution is 5.72. The number of carbonyl (C=O) groups is 1. The van der Waals surface area contributed by atoms with Crippen molar-refractivity contribution in [1.29, 1.82) is 0 Å². The van der Waals surface area contributed by atoms with Crippen molar-refractivity contribution in [3.8, 4) is 11.6 Å². The van der Waals surface area contributed by atoms with E-state index in [1.807, 2.05) is 68.4 Å². The number of piperidine rings is 1. The van der Waals surface area contributed by atoms with Crippen molar-refractivity contribution in [3.63, 3.8) is 0 Å². The number of aryl methyl sites for hydroxylation is 1. The predicted molar refractivity (Wildman–Crippen MR) is 197 cm³/mol. The second-order valence-corrected chi connectivity index (χ2v) is 11.8. The summed E-state index contributed by atoms with van der Waals surface area (Å²) in [7, 11) is 3.11. The van der Waals surface area contributed by atoms with Gasteiger partial charge in [0.15, 0.2) is 0 Å². The number of anilines is 2. The summed E-state index contributed by atoms with van der Waals surface area (Å²) in [5, 5.41) is 10.7. The number of aldehydes is 1. The van der Waals surface area contributed by atoms with Crippen LogP contribution in [0, 0.1) is 13.1 Å². The number of pyridine rings is 1. The van der Waals surface area contributed by atoms with Crippen molar-refractivity contribution in [2.45, 2.75) is 113 Å². The van der Waals surface area contributed by atoms with Crippen molar-refractivity contribution in [2.24, 2.45) is 0 Å². The molecule has 0 unspecified atom stereocenters. The molecule has 280 valence electrons. The fourth-order valence-corrected chi connectivity index (χ4v) is 4.94. The van der Waals surface area contributed by atoms with Crippen LogP contribution >= 0.6 is 0 Å². The predicted octanol–water partition coefficient (Wildman–Crippen LogP) is 8.62. The lowest BCUT2D eigenvalue weighted by Crippen LogP contribution is -2.40. The number of carbonyl (C=O) groups excluding carboxylic acids is 1. The molecule has 1 aliphatic heterocycles. The van der Waals surface area contributed by atoms with Gasteiger partial charge in [0.25, 0.3) is 5.89 Å². The van der Waals surface area contributed by atoms with Crippen molar-refractivity contribution in [2.75, 3.05) is 57.8 Å². The molecule has 0 atom stereocenters. The third-order valence-corrected chi connectivity index (χ3v) is 7.59. The van der Waals surface area contributed by atoms with E-state index in [0.29, 0.717) is 20.0 Å². The third kappa shape index (κ3) is 14.0. The Balaban J connectivity index is 0. The molecule has 1 fully saturated rings. The maximum atomic E-state index is 13.4. The number of rotatable bonds is 9. The summed E-state index contributed by atoms with van der Waals surface area (Å²) in [6.45, 7) is 27.4. The van der Waals surface area contributed by atoms with Crippen LogP contribution in [0.1, 0.15) is 112 Å². The number of hydrogen-bond acceptors (Lipinski definition) is 10. The van der Waals surface area contributed by atoms with Crippen molar-refractivity contribution in [1.82, 2.24) is 30.0 Å². The van der Waals surface area contributed by atoms with E-state index in [1.54, 1.807) is 12.4 Å². The molecule has 10 nitrogen and oxygen atoms in total. The molecule has 0 radical (unpaired) electrons. The molecule has 0 saturated carbocycles. The molecule has 0 amide bonds. The van der Waals surface area contributed by atoms with E-state index in [-0.39, 0.29) is 17.3 Å². The molecule has 0 aromatic carbocycles. The van der Waals surface area contributed by atoms with Crippen molar-refractivity contribution >= 4 is 17.8 Å². The van der Waals surface area contributed by atoms with Gasteiger partial charge in [0.1, 0.15) is 24.1 Å². The average Bonchev–Trinajstić information content (AvgIpc) is 3.58. The number of aromatic nitrogens is 5. The number of nitrogens with one attached hydrogen (secondary N) is 1. The van der Waals surface area contributed by atoms with Crippen LogP contribution in [0.25, 0.3) is 11.6 Å². The normalized spacial score (nSPS) is 12.7. The van der Waals surface area contributed by atoms with E-state index >= 15 is 0 Å². The SMILES string of the molecule is CC.CC.CC.CF.CF.Cc1ncnc(N2CCC(c3nc(-c4nnc(F)o4)ccc3NCCN(C)C(C)(C)C)CC2)c1C(C)(C)C=O. The standard InChI is InChI=1S/C28H39FN8O2.3C2H6.2CH3F/c1-18-22(28(5,6)16-38)24(32-17-31-18)37-13-10-19(11-14-37)23-20(30-12-15-36(7)27(2,3)4)8-9-21(33-23)25-34-35-26(29)39-25;5*1-2/h8-9,16-17,19,30H,10-15H2,1-7H3;3*1-2H3;2*1H3. The van der Waals surface area contributed by atoms with Gasteiger partial charge < -0.3 is 19.4 Å². The highest BCUT2D eigenvalue weighted by atomic mass is 19.1. The van der Waals surface area contributed by atoms with E-state index in [4.69, 9.17) is 9.40 Å². The Bertz CT molecular complexity index is 1310. The fraction of sp³-hybridized carbons (Fsp3) is 0.667. The summed E-state index contributed by atoms with van der Waals surface area (Å²) in [6.07, 6.45) is 3.19. The Hall–Kier alpha value is -3.61. The lowest BCUT2D eigenvalue weighted by Gasteiger charge is -2.36. The molecule has 1 aliphatic rings. The highest BCUT2D eigenvalue weighted by Gasteiger charge is 2.32. The minimum atomic E-state index is -0.983. The Kier molecular flexibility index (Phi) is 23.8. The number of nitrogens with zero attached hydrogens (tertiary/aromatic N) is 7. The Morgan fingerprint density at radius 1 is 0.959 bits per heavy atom. The van der Waals surface area contributed by atoms with Crippen LogP contribution in [0.4, 0.5) is 24.7 Å². The zero-order valence-electron chi connectivity index (χ0n) is 32.7. The molecule has 1 N–H and O–H groups in total. The largest absolute Gasteiger partial charge is 0.402 e. The molecule has 0 spiro atoms. The van der Waals surface area contributed by atoms with Crippen molar-refractivity contribution in [3.05, 3.63) is 41.6 Å². The van der Waals surface area contributed by atoms with E-state index in [1.165, 1.54) is 0 Å². The van der Waals surface area contributed by atoms with Crippen LogP contribution in [-0.2, 0) is 10.2 Å². The first-order valence-electron chi connectivity index (χ1n) is 17.1. The lowest BCUT2D eigenvalue weighted by atomic mass is 9.84. The second kappa shape index (κ2) is 24.5. The van der Waals surface area contributed by atoms with Gasteiger partial charge in [-0.25, -0.2) is 15.0 Å². The van der Waals surface area contributed by atoms with Gasteiger partial charge in [-0.1, -0.05) is 46.6 Å². The highest BCUT2D eigenvalue weighted by Crippen LogP contribution is 2.37. The molecule has 3 aromatic heterocycles. The summed E-state index contributed by atoms with van der Waals surface area (Å²) >= 11 is 0. The van der Waals surface area contributed by atoms with Gasteiger partial charge in [-0.15, -0.1) is 9.49 Å². The van der Waals surface area contributed by atoms with Crippen LogP contribution in [0.2, 0.25) is 0 Å². The topological polar surface area (TPSA) is 113 Å². The summed E-state index contributed by atoms with van der Waals surface area (Å²) in [5.41, 5.74) is 3.34. The molecule has 0 bridgehead atoms. The zero-order chi connectivity index (χ0) is 38.4. The van der Waals surface area contributed by atoms with Gasteiger partial charge in [0, 0.05) is 48.9 Å². The van der Waals surface area contributed by atoms with Gasteiger partial charge in [-0.05, 0) is 73.6 Å². The molecule has 13 heteroatoms. The lowest BCUT2D eigenvalue weighted by molar-refractivity contribution is -0.111. The number of halogens is 3. The molecule has 3 aromatic rings. The second-order valence-electron chi connectivity index (χ2n) is 11.8. The maximum absolute atomic E-state index is 13.4. The molecular formula is C36H63F3N8O2. The van der Waals surface area contributed by atoms with Crippen LogP contribution in [0.5, 0.6) is 0 Å². The summed E-state index contributed by atoms with van der Waals surface area (Å²) in [5.74, 6) is 1.02. The van der Waals surface area contributed by atoms with Gasteiger partial charge >= 0.3 is 6.14 Å². The van der Waals surface area contributed by atoms with Crippen LogP contribution < -0.4 is 10.2 Å². The molecule has 4 rings (SSSR count). The Morgan fingerprint density at radius 3 is 2.02 bits per heavy atom.